The first kappa shape index (κ1) is 24.7. The zero-order valence-corrected chi connectivity index (χ0v) is 21.7. The number of H-pyrrole nitrogens is 1. The first-order chi connectivity index (χ1) is 17.6. The van der Waals surface area contributed by atoms with Gasteiger partial charge in [0.05, 0.1) is 20.6 Å². The summed E-state index contributed by atoms with van der Waals surface area (Å²) in [6.07, 6.45) is 9.45. The van der Waals surface area contributed by atoms with Gasteiger partial charge in [-0.15, -0.1) is 0 Å². The highest BCUT2D eigenvalue weighted by atomic mass is 16.5. The normalized spacial score (nSPS) is 19.1. The summed E-state index contributed by atoms with van der Waals surface area (Å²) in [7, 11) is 3.31. The average Bonchev–Trinajstić information content (AvgIpc) is 3.07. The Morgan fingerprint density at radius 2 is 1.83 bits per heavy atom. The molecule has 0 aliphatic carbocycles. The van der Waals surface area contributed by atoms with E-state index < -0.39 is 0 Å². The van der Waals surface area contributed by atoms with E-state index in [1.165, 1.54) is 47.8 Å². The Labute approximate surface area is 214 Å². The van der Waals surface area contributed by atoms with Crippen LogP contribution in [-0.4, -0.2) is 67.6 Å². The Bertz CT molecular complexity index is 1190. The number of aryl methyl sites for hydroxylation is 1. The van der Waals surface area contributed by atoms with Gasteiger partial charge in [-0.2, -0.15) is 0 Å². The summed E-state index contributed by atoms with van der Waals surface area (Å²) < 4.78 is 11.0. The van der Waals surface area contributed by atoms with Crippen LogP contribution in [0, 0.1) is 5.92 Å². The molecule has 2 aromatic carbocycles. The van der Waals surface area contributed by atoms with Crippen LogP contribution in [0.2, 0.25) is 0 Å². The molecule has 5 rings (SSSR count). The lowest BCUT2D eigenvalue weighted by atomic mass is 10.0. The topological polar surface area (TPSA) is 57.8 Å². The van der Waals surface area contributed by atoms with Crippen LogP contribution in [0.15, 0.2) is 42.6 Å². The Morgan fingerprint density at radius 1 is 1.03 bits per heavy atom. The highest BCUT2D eigenvalue weighted by molar-refractivity contribution is 5.83. The molecular weight excluding hydrogens is 450 g/mol. The molecule has 0 radical (unpaired) electrons. The van der Waals surface area contributed by atoms with Gasteiger partial charge in [0.1, 0.15) is 0 Å². The number of carbonyl (C=O) groups excluding carboxylic acids is 1. The minimum Gasteiger partial charge on any atom is -0.493 e. The molecule has 6 nitrogen and oxygen atoms in total. The number of hydrogen-bond acceptors (Lipinski definition) is 4. The fraction of sp³-hybridized carbons (Fsp3) is 0.500. The highest BCUT2D eigenvalue weighted by Crippen LogP contribution is 2.33. The number of amides is 1. The van der Waals surface area contributed by atoms with Gasteiger partial charge in [-0.05, 0) is 86.0 Å². The van der Waals surface area contributed by atoms with E-state index in [-0.39, 0.29) is 5.91 Å². The number of likely N-dealkylation sites (tertiary alicyclic amines) is 1. The third-order valence-electron chi connectivity index (χ3n) is 7.98. The fourth-order valence-electron chi connectivity index (χ4n) is 6.02. The van der Waals surface area contributed by atoms with Crippen molar-refractivity contribution in [3.63, 3.8) is 0 Å². The number of fused-ring (bicyclic) bond motifs is 2. The molecule has 1 N–H and O–H groups in total. The molecule has 0 saturated carbocycles. The number of rotatable bonds is 8. The Balaban J connectivity index is 1.17. The van der Waals surface area contributed by atoms with Crippen molar-refractivity contribution in [3.05, 3.63) is 59.3 Å². The molecule has 1 saturated heterocycles. The molecule has 1 amide bonds. The van der Waals surface area contributed by atoms with Gasteiger partial charge < -0.3 is 24.3 Å². The van der Waals surface area contributed by atoms with Crippen molar-refractivity contribution < 1.29 is 14.3 Å². The third-order valence-corrected chi connectivity index (χ3v) is 7.98. The molecule has 36 heavy (non-hydrogen) atoms. The van der Waals surface area contributed by atoms with Crippen molar-refractivity contribution in [3.8, 4) is 11.5 Å². The predicted octanol–water partition coefficient (Wildman–Crippen LogP) is 4.85. The summed E-state index contributed by atoms with van der Waals surface area (Å²) in [4.78, 5) is 21.4. The maximum absolute atomic E-state index is 13.2. The number of nitrogens with one attached hydrogen (secondary N) is 1. The summed E-state index contributed by atoms with van der Waals surface area (Å²) in [5.41, 5.74) is 4.91. The van der Waals surface area contributed by atoms with Crippen molar-refractivity contribution in [2.45, 2.75) is 44.9 Å². The highest BCUT2D eigenvalue weighted by Gasteiger charge is 2.26. The molecule has 2 aliphatic heterocycles. The molecule has 3 heterocycles. The second kappa shape index (κ2) is 11.4. The molecule has 6 heteroatoms. The van der Waals surface area contributed by atoms with Crippen LogP contribution in [0.1, 0.15) is 42.4 Å². The van der Waals surface area contributed by atoms with Crippen molar-refractivity contribution in [1.82, 2.24) is 14.8 Å². The van der Waals surface area contributed by atoms with Gasteiger partial charge in [0.15, 0.2) is 11.5 Å². The minimum atomic E-state index is 0.233. The largest absolute Gasteiger partial charge is 0.493 e. The van der Waals surface area contributed by atoms with Gasteiger partial charge in [0.25, 0.3) is 0 Å². The van der Waals surface area contributed by atoms with Gasteiger partial charge in [-0.1, -0.05) is 24.6 Å². The van der Waals surface area contributed by atoms with E-state index >= 15 is 0 Å². The number of ether oxygens (including phenoxy) is 2. The molecule has 1 fully saturated rings. The molecule has 1 unspecified atom stereocenters. The number of aromatic nitrogens is 1. The van der Waals surface area contributed by atoms with Crippen LogP contribution in [-0.2, 0) is 24.1 Å². The fourth-order valence-corrected chi connectivity index (χ4v) is 6.02. The Kier molecular flexibility index (Phi) is 7.81. The van der Waals surface area contributed by atoms with E-state index in [1.54, 1.807) is 14.2 Å². The second-order valence-electron chi connectivity index (χ2n) is 10.4. The van der Waals surface area contributed by atoms with Crippen LogP contribution < -0.4 is 9.47 Å². The Hall–Kier alpha value is -2.99. The van der Waals surface area contributed by atoms with Gasteiger partial charge in [0.2, 0.25) is 5.91 Å². The number of methoxy groups -OCH3 is 2. The van der Waals surface area contributed by atoms with E-state index in [0.29, 0.717) is 18.1 Å². The molecule has 1 atom stereocenters. The average molecular weight is 490 g/mol. The predicted molar refractivity (Wildman–Crippen MR) is 144 cm³/mol. The van der Waals surface area contributed by atoms with Crippen LogP contribution in [0.3, 0.4) is 0 Å². The van der Waals surface area contributed by atoms with Crippen LogP contribution >= 0.6 is 0 Å². The van der Waals surface area contributed by atoms with Crippen molar-refractivity contribution in [1.29, 1.82) is 0 Å². The van der Waals surface area contributed by atoms with E-state index in [1.807, 2.05) is 12.1 Å². The van der Waals surface area contributed by atoms with Crippen LogP contribution in [0.25, 0.3) is 10.9 Å². The summed E-state index contributed by atoms with van der Waals surface area (Å²) in [5.74, 6) is 2.21. The number of benzene rings is 2. The maximum Gasteiger partial charge on any atom is 0.227 e. The summed E-state index contributed by atoms with van der Waals surface area (Å²) in [6, 6.07) is 12.6. The van der Waals surface area contributed by atoms with Crippen molar-refractivity contribution in [2.75, 3.05) is 46.9 Å². The van der Waals surface area contributed by atoms with Crippen molar-refractivity contribution in [2.24, 2.45) is 5.92 Å². The third kappa shape index (κ3) is 5.54. The maximum atomic E-state index is 13.2. The lowest BCUT2D eigenvalue weighted by Crippen LogP contribution is -2.40. The molecule has 2 aliphatic rings. The smallest absolute Gasteiger partial charge is 0.227 e. The monoisotopic (exact) mass is 489 g/mol. The van der Waals surface area contributed by atoms with Crippen LogP contribution in [0.5, 0.6) is 11.5 Å². The number of aromatic amines is 1. The summed E-state index contributed by atoms with van der Waals surface area (Å²) >= 11 is 0. The first-order valence-electron chi connectivity index (χ1n) is 13.4. The van der Waals surface area contributed by atoms with E-state index in [4.69, 9.17) is 9.47 Å². The van der Waals surface area contributed by atoms with Crippen LogP contribution in [0.4, 0.5) is 0 Å². The Morgan fingerprint density at radius 3 is 2.67 bits per heavy atom. The number of hydrogen-bond donors (Lipinski definition) is 1. The van der Waals surface area contributed by atoms with Gasteiger partial charge in [0, 0.05) is 36.7 Å². The lowest BCUT2D eigenvalue weighted by Gasteiger charge is -2.29. The van der Waals surface area contributed by atoms with Gasteiger partial charge in [-0.3, -0.25) is 4.79 Å². The zero-order valence-electron chi connectivity index (χ0n) is 21.7. The van der Waals surface area contributed by atoms with E-state index in [2.05, 4.69) is 45.2 Å². The summed E-state index contributed by atoms with van der Waals surface area (Å²) in [5, 5.41) is 1.35. The molecule has 0 spiro atoms. The SMILES string of the molecule is COc1cc2c(cc1OC)CC(=O)N(CC1CCCCN(CCCc3c[nH]c4ccccc34)C1)CC2. The molecular formula is C30H39N3O3. The standard InChI is InChI=1S/C30H39N3O3/c1-35-28-16-23-12-15-33(30(34)18-25(23)17-29(28)36-2)21-22-8-5-6-13-32(20-22)14-7-9-24-19-31-27-11-4-3-10-26(24)27/h3-4,10-11,16-17,19,22,31H,5-9,12-15,18,20-21H2,1-2H3. The number of para-hydroxylation sites is 1. The summed E-state index contributed by atoms with van der Waals surface area (Å²) in [6.45, 7) is 5.02. The molecule has 0 bridgehead atoms. The quantitative estimate of drug-likeness (QED) is 0.492. The molecule has 3 aromatic rings. The second-order valence-corrected chi connectivity index (χ2v) is 10.4. The van der Waals surface area contributed by atoms with Gasteiger partial charge in [-0.25, -0.2) is 0 Å². The lowest BCUT2D eigenvalue weighted by molar-refractivity contribution is -0.130. The molecule has 1 aromatic heterocycles. The first-order valence-corrected chi connectivity index (χ1v) is 13.4. The minimum absolute atomic E-state index is 0.233. The van der Waals surface area contributed by atoms with Crippen molar-refractivity contribution >= 4 is 16.8 Å². The molecule has 192 valence electrons. The number of nitrogens with zero attached hydrogens (tertiary/aromatic N) is 2. The van der Waals surface area contributed by atoms with E-state index in [0.717, 1.165) is 56.8 Å². The number of carbonyl (C=O) groups is 1. The zero-order chi connectivity index (χ0) is 24.9. The van der Waals surface area contributed by atoms with E-state index in [9.17, 15) is 4.79 Å². The van der Waals surface area contributed by atoms with Gasteiger partial charge >= 0.3 is 0 Å².